The van der Waals surface area contributed by atoms with Crippen molar-refractivity contribution in [3.63, 3.8) is 0 Å². The average Bonchev–Trinajstić information content (AvgIpc) is 2.39. The third-order valence-corrected chi connectivity index (χ3v) is 5.20. The van der Waals surface area contributed by atoms with E-state index in [1.165, 1.54) is 69.3 Å². The summed E-state index contributed by atoms with van der Waals surface area (Å²) in [4.78, 5) is 1.64. The molecule has 0 aliphatic rings. The van der Waals surface area contributed by atoms with Crippen LogP contribution in [0, 0.1) is 0 Å². The maximum absolute atomic E-state index is 2.45. The molecule has 0 unspecified atom stereocenters. The van der Waals surface area contributed by atoms with Gasteiger partial charge in [-0.15, -0.1) is 23.5 Å². The van der Waals surface area contributed by atoms with Crippen LogP contribution in [0.25, 0.3) is 0 Å². The molecule has 0 bridgehead atoms. The van der Waals surface area contributed by atoms with Gasteiger partial charge >= 0.3 is 0 Å². The van der Waals surface area contributed by atoms with Gasteiger partial charge in [-0.25, -0.2) is 0 Å². The van der Waals surface area contributed by atoms with Gasteiger partial charge in [0.15, 0.2) is 0 Å². The molecule has 0 heterocycles. The maximum atomic E-state index is 2.45. The first-order chi connectivity index (χ1) is 8.85. The maximum Gasteiger partial charge on any atom is -0.00232 e. The van der Waals surface area contributed by atoms with Crippen molar-refractivity contribution >= 4 is 23.5 Å². The molecule has 108 valence electrons. The number of rotatable bonds is 13. The minimum absolute atomic E-state index is 1.29. The highest BCUT2D eigenvalue weighted by Crippen LogP contribution is 2.26. The normalized spacial score (nSPS) is 12.1. The molecule has 2 heteroatoms. The topological polar surface area (TPSA) is 0 Å². The van der Waals surface area contributed by atoms with Gasteiger partial charge < -0.3 is 0 Å². The van der Waals surface area contributed by atoms with Gasteiger partial charge in [-0.1, -0.05) is 52.9 Å². The Labute approximate surface area is 124 Å². The fraction of sp³-hybridized carbons (Fsp3) is 0.875. The number of allylic oxidation sites excluding steroid dienone is 1. The molecule has 18 heavy (non-hydrogen) atoms. The summed E-state index contributed by atoms with van der Waals surface area (Å²) in [5, 5.41) is 2.45. The zero-order valence-corrected chi connectivity index (χ0v) is 14.3. The zero-order chi connectivity index (χ0) is 13.5. The van der Waals surface area contributed by atoms with Gasteiger partial charge in [-0.05, 0) is 47.5 Å². The first-order valence-corrected chi connectivity index (χ1v) is 9.82. The molecule has 0 saturated heterocycles. The second kappa shape index (κ2) is 15.5. The van der Waals surface area contributed by atoms with Gasteiger partial charge in [0.25, 0.3) is 0 Å². The lowest BCUT2D eigenvalue weighted by Gasteiger charge is -2.07. The molecule has 0 nitrogen and oxygen atoms in total. The number of thioether (sulfide) groups is 2. The molecular weight excluding hydrogens is 256 g/mol. The van der Waals surface area contributed by atoms with Gasteiger partial charge in [0.05, 0.1) is 0 Å². The van der Waals surface area contributed by atoms with Crippen molar-refractivity contribution in [2.75, 3.05) is 11.5 Å². The van der Waals surface area contributed by atoms with Crippen molar-refractivity contribution in [2.24, 2.45) is 0 Å². The summed E-state index contributed by atoms with van der Waals surface area (Å²) in [7, 11) is 0. The largest absolute Gasteiger partial charge is 0.133 e. The van der Waals surface area contributed by atoms with Crippen molar-refractivity contribution in [1.82, 2.24) is 0 Å². The van der Waals surface area contributed by atoms with Gasteiger partial charge in [-0.2, -0.15) is 0 Å². The van der Waals surface area contributed by atoms with Crippen LogP contribution in [0.15, 0.2) is 10.3 Å². The molecule has 0 aromatic carbocycles. The van der Waals surface area contributed by atoms with Gasteiger partial charge in [0.1, 0.15) is 0 Å². The number of hydrogen-bond donors (Lipinski definition) is 0. The predicted molar refractivity (Wildman–Crippen MR) is 91.6 cm³/mol. The highest BCUT2D eigenvalue weighted by atomic mass is 32.2. The van der Waals surface area contributed by atoms with E-state index in [0.29, 0.717) is 0 Å². The molecule has 0 saturated carbocycles. The van der Waals surface area contributed by atoms with E-state index >= 15 is 0 Å². The Morgan fingerprint density at radius 2 is 1.44 bits per heavy atom. The molecule has 0 aromatic heterocycles. The third kappa shape index (κ3) is 12.9. The van der Waals surface area contributed by atoms with Crippen LogP contribution in [0.5, 0.6) is 0 Å². The van der Waals surface area contributed by atoms with Crippen LogP contribution in [0.4, 0.5) is 0 Å². The summed E-state index contributed by atoms with van der Waals surface area (Å²) in [6.07, 6.45) is 12.2. The monoisotopic (exact) mass is 288 g/mol. The Kier molecular flexibility index (Phi) is 15.9. The van der Waals surface area contributed by atoms with Gasteiger partial charge in [0.2, 0.25) is 0 Å². The molecule has 0 fully saturated rings. The van der Waals surface area contributed by atoms with Gasteiger partial charge in [-0.3, -0.25) is 0 Å². The van der Waals surface area contributed by atoms with E-state index in [1.807, 2.05) is 11.8 Å². The molecular formula is C16H32S2. The van der Waals surface area contributed by atoms with Crippen molar-refractivity contribution in [3.05, 3.63) is 10.3 Å². The van der Waals surface area contributed by atoms with Crippen LogP contribution in [0.3, 0.4) is 0 Å². The predicted octanol–water partition coefficient (Wildman–Crippen LogP) is 6.86. The second-order valence-corrected chi connectivity index (χ2v) is 7.02. The fourth-order valence-corrected chi connectivity index (χ4v) is 3.96. The molecule has 0 aliphatic heterocycles. The SMILES string of the molecule is CCCCCC/C(=C/SCCCC)SCCCC. The van der Waals surface area contributed by atoms with Crippen molar-refractivity contribution in [2.45, 2.75) is 78.6 Å². The first-order valence-electron chi connectivity index (χ1n) is 7.78. The molecule has 0 radical (unpaired) electrons. The van der Waals surface area contributed by atoms with E-state index in [9.17, 15) is 0 Å². The number of hydrogen-bond acceptors (Lipinski definition) is 2. The smallest absolute Gasteiger partial charge is 0.00232 e. The van der Waals surface area contributed by atoms with Crippen LogP contribution in [-0.2, 0) is 0 Å². The van der Waals surface area contributed by atoms with Crippen molar-refractivity contribution < 1.29 is 0 Å². The first kappa shape index (κ1) is 18.4. The van der Waals surface area contributed by atoms with E-state index in [0.717, 1.165) is 0 Å². The van der Waals surface area contributed by atoms with E-state index in [-0.39, 0.29) is 0 Å². The van der Waals surface area contributed by atoms with Crippen LogP contribution in [-0.4, -0.2) is 11.5 Å². The standard InChI is InChI=1S/C16H32S2/c1-4-7-10-11-12-16(18-14-9-6-3)15-17-13-8-5-2/h15H,4-14H2,1-3H3/b16-15-. The molecule has 0 aromatic rings. The third-order valence-electron chi connectivity index (χ3n) is 2.89. The van der Waals surface area contributed by atoms with E-state index in [2.05, 4.69) is 37.9 Å². The summed E-state index contributed by atoms with van der Waals surface area (Å²) in [5.74, 6) is 2.60. The molecule has 0 aliphatic carbocycles. The number of unbranched alkanes of at least 4 members (excludes halogenated alkanes) is 5. The lowest BCUT2D eigenvalue weighted by molar-refractivity contribution is 0.672. The highest BCUT2D eigenvalue weighted by Gasteiger charge is 1.99. The summed E-state index contributed by atoms with van der Waals surface area (Å²) < 4.78 is 0. The van der Waals surface area contributed by atoms with Crippen molar-refractivity contribution in [3.8, 4) is 0 Å². The summed E-state index contributed by atoms with van der Waals surface area (Å²) in [5.41, 5.74) is 0. The average molecular weight is 289 g/mol. The zero-order valence-electron chi connectivity index (χ0n) is 12.7. The lowest BCUT2D eigenvalue weighted by Crippen LogP contribution is -1.85. The van der Waals surface area contributed by atoms with Crippen LogP contribution in [0.1, 0.15) is 78.6 Å². The van der Waals surface area contributed by atoms with Crippen LogP contribution >= 0.6 is 23.5 Å². The molecule has 0 N–H and O–H groups in total. The van der Waals surface area contributed by atoms with E-state index in [1.54, 1.807) is 4.91 Å². The lowest BCUT2D eigenvalue weighted by atomic mass is 10.1. The Hall–Kier alpha value is 0.440. The minimum Gasteiger partial charge on any atom is -0.133 e. The summed E-state index contributed by atoms with van der Waals surface area (Å²) >= 11 is 4.13. The fourth-order valence-electron chi connectivity index (χ4n) is 1.62. The van der Waals surface area contributed by atoms with Crippen molar-refractivity contribution in [1.29, 1.82) is 0 Å². The Morgan fingerprint density at radius 3 is 2.11 bits per heavy atom. The summed E-state index contributed by atoms with van der Waals surface area (Å²) in [6, 6.07) is 0. The second-order valence-electron chi connectivity index (χ2n) is 4.82. The van der Waals surface area contributed by atoms with Crippen LogP contribution in [0.2, 0.25) is 0 Å². The summed E-state index contributed by atoms with van der Waals surface area (Å²) in [6.45, 7) is 6.83. The van der Waals surface area contributed by atoms with Crippen LogP contribution < -0.4 is 0 Å². The van der Waals surface area contributed by atoms with E-state index in [4.69, 9.17) is 0 Å². The minimum atomic E-state index is 1.29. The van der Waals surface area contributed by atoms with E-state index < -0.39 is 0 Å². The Bertz CT molecular complexity index is 188. The molecule has 0 amide bonds. The Balaban J connectivity index is 3.82. The molecule has 0 rings (SSSR count). The highest BCUT2D eigenvalue weighted by molar-refractivity contribution is 8.06. The quantitative estimate of drug-likeness (QED) is 0.339. The van der Waals surface area contributed by atoms with Gasteiger partial charge in [0, 0.05) is 0 Å². The molecule has 0 atom stereocenters. The Morgan fingerprint density at radius 1 is 0.778 bits per heavy atom. The molecule has 0 spiro atoms.